The average molecular weight is 378 g/mol. The van der Waals surface area contributed by atoms with Gasteiger partial charge in [-0.15, -0.1) is 11.8 Å². The van der Waals surface area contributed by atoms with Gasteiger partial charge in [-0.05, 0) is 60.7 Å². The number of ether oxygens (including phenoxy) is 1. The van der Waals surface area contributed by atoms with Crippen LogP contribution in [0.1, 0.15) is 6.42 Å². The van der Waals surface area contributed by atoms with Crippen molar-refractivity contribution >= 4 is 29.3 Å². The van der Waals surface area contributed by atoms with Crippen LogP contribution in [0.5, 0.6) is 5.75 Å². The van der Waals surface area contributed by atoms with E-state index in [0.29, 0.717) is 11.4 Å². The van der Waals surface area contributed by atoms with E-state index in [9.17, 15) is 9.59 Å². The Labute approximate surface area is 161 Å². The standard InChI is InChI=1S/C21H18N2O3S/c1-26-17-8-4-16(5-9-17)23-20(24)14-19(21(23)25)27-18-10-6-15(7-11-18)22-12-2-3-13-22/h2-13,19H,14H2,1H3. The van der Waals surface area contributed by atoms with Gasteiger partial charge in [0.15, 0.2) is 0 Å². The van der Waals surface area contributed by atoms with Crippen molar-refractivity contribution in [1.29, 1.82) is 0 Å². The van der Waals surface area contributed by atoms with Gasteiger partial charge in [-0.3, -0.25) is 9.59 Å². The number of amides is 2. The van der Waals surface area contributed by atoms with Crippen LogP contribution < -0.4 is 9.64 Å². The molecule has 2 aromatic carbocycles. The highest BCUT2D eigenvalue weighted by atomic mass is 32.2. The van der Waals surface area contributed by atoms with E-state index in [1.165, 1.54) is 16.7 Å². The molecule has 1 atom stereocenters. The number of carbonyl (C=O) groups excluding carboxylic acids is 2. The van der Waals surface area contributed by atoms with Crippen LogP contribution in [0.25, 0.3) is 5.69 Å². The first kappa shape index (κ1) is 17.4. The molecule has 0 aliphatic carbocycles. The Morgan fingerprint density at radius 2 is 1.56 bits per heavy atom. The van der Waals surface area contributed by atoms with Crippen LogP contribution in [0.2, 0.25) is 0 Å². The number of aromatic nitrogens is 1. The minimum Gasteiger partial charge on any atom is -0.497 e. The van der Waals surface area contributed by atoms with Gasteiger partial charge in [-0.25, -0.2) is 4.90 Å². The molecule has 5 nitrogen and oxygen atoms in total. The second kappa shape index (κ2) is 7.32. The van der Waals surface area contributed by atoms with Crippen LogP contribution in [0, 0.1) is 0 Å². The fraction of sp³-hybridized carbons (Fsp3) is 0.143. The van der Waals surface area contributed by atoms with E-state index in [1.807, 2.05) is 53.4 Å². The fourth-order valence-corrected chi connectivity index (χ4v) is 4.12. The smallest absolute Gasteiger partial charge is 0.247 e. The van der Waals surface area contributed by atoms with Crippen molar-refractivity contribution in [3.05, 3.63) is 73.1 Å². The van der Waals surface area contributed by atoms with Crippen molar-refractivity contribution in [2.75, 3.05) is 12.0 Å². The van der Waals surface area contributed by atoms with Gasteiger partial charge in [0.05, 0.1) is 18.0 Å². The summed E-state index contributed by atoms with van der Waals surface area (Å²) >= 11 is 1.43. The molecule has 0 N–H and O–H groups in total. The molecule has 4 rings (SSSR count). The van der Waals surface area contributed by atoms with E-state index in [2.05, 4.69) is 0 Å². The van der Waals surface area contributed by atoms with Crippen LogP contribution in [0.15, 0.2) is 78.0 Å². The minimum atomic E-state index is -0.406. The van der Waals surface area contributed by atoms with Crippen molar-refractivity contribution in [2.45, 2.75) is 16.6 Å². The summed E-state index contributed by atoms with van der Waals surface area (Å²) in [7, 11) is 1.58. The maximum Gasteiger partial charge on any atom is 0.247 e. The molecule has 0 saturated carbocycles. The highest BCUT2D eigenvalue weighted by molar-refractivity contribution is 8.00. The number of carbonyl (C=O) groups is 2. The van der Waals surface area contributed by atoms with Gasteiger partial charge in [0.2, 0.25) is 11.8 Å². The number of rotatable bonds is 5. The Morgan fingerprint density at radius 1 is 0.926 bits per heavy atom. The minimum absolute atomic E-state index is 0.174. The van der Waals surface area contributed by atoms with Crippen molar-refractivity contribution in [2.24, 2.45) is 0 Å². The Hall–Kier alpha value is -2.99. The summed E-state index contributed by atoms with van der Waals surface area (Å²) in [5.41, 5.74) is 1.63. The molecular formula is C21H18N2O3S. The van der Waals surface area contributed by atoms with Gasteiger partial charge in [0, 0.05) is 29.4 Å². The van der Waals surface area contributed by atoms with E-state index in [4.69, 9.17) is 4.74 Å². The third-order valence-electron chi connectivity index (χ3n) is 4.45. The third kappa shape index (κ3) is 3.48. The van der Waals surface area contributed by atoms with E-state index in [0.717, 1.165) is 10.6 Å². The first-order chi connectivity index (χ1) is 13.2. The Bertz CT molecular complexity index is 950. The molecule has 0 bridgehead atoms. The van der Waals surface area contributed by atoms with E-state index in [1.54, 1.807) is 31.4 Å². The second-order valence-corrected chi connectivity index (χ2v) is 7.44. The number of methoxy groups -OCH3 is 1. The molecule has 6 heteroatoms. The number of benzene rings is 2. The summed E-state index contributed by atoms with van der Waals surface area (Å²) in [6, 6.07) is 18.9. The lowest BCUT2D eigenvalue weighted by molar-refractivity contribution is -0.121. The number of imide groups is 1. The molecule has 1 saturated heterocycles. The Morgan fingerprint density at radius 3 is 2.19 bits per heavy atom. The van der Waals surface area contributed by atoms with Crippen LogP contribution >= 0.6 is 11.8 Å². The molecule has 1 aliphatic heterocycles. The normalized spacial score (nSPS) is 16.8. The van der Waals surface area contributed by atoms with Crippen LogP contribution in [0.4, 0.5) is 5.69 Å². The van der Waals surface area contributed by atoms with Crippen molar-refractivity contribution < 1.29 is 14.3 Å². The molecule has 1 fully saturated rings. The molecule has 0 radical (unpaired) electrons. The number of nitrogens with zero attached hydrogens (tertiary/aromatic N) is 2. The summed E-state index contributed by atoms with van der Waals surface area (Å²) in [5.74, 6) is 0.336. The average Bonchev–Trinajstić information content (AvgIpc) is 3.32. The first-order valence-corrected chi connectivity index (χ1v) is 9.44. The maximum absolute atomic E-state index is 12.8. The predicted octanol–water partition coefficient (Wildman–Crippen LogP) is 3.91. The third-order valence-corrected chi connectivity index (χ3v) is 5.65. The van der Waals surface area contributed by atoms with Crippen molar-refractivity contribution in [1.82, 2.24) is 4.57 Å². The largest absolute Gasteiger partial charge is 0.497 e. The molecule has 1 aliphatic rings. The van der Waals surface area contributed by atoms with Gasteiger partial charge in [0.25, 0.3) is 0 Å². The van der Waals surface area contributed by atoms with Gasteiger partial charge in [-0.1, -0.05) is 0 Å². The topological polar surface area (TPSA) is 51.5 Å². The lowest BCUT2D eigenvalue weighted by atomic mass is 10.3. The predicted molar refractivity (Wildman–Crippen MR) is 106 cm³/mol. The molecular weight excluding hydrogens is 360 g/mol. The molecule has 1 unspecified atom stereocenters. The molecule has 2 heterocycles. The summed E-state index contributed by atoms with van der Waals surface area (Å²) in [6.45, 7) is 0. The fourth-order valence-electron chi connectivity index (χ4n) is 3.07. The summed E-state index contributed by atoms with van der Waals surface area (Å²) in [5, 5.41) is -0.406. The summed E-state index contributed by atoms with van der Waals surface area (Å²) < 4.78 is 7.15. The number of anilines is 1. The van der Waals surface area contributed by atoms with Gasteiger partial charge in [0.1, 0.15) is 5.75 Å². The van der Waals surface area contributed by atoms with Crippen molar-refractivity contribution in [3.8, 4) is 11.4 Å². The van der Waals surface area contributed by atoms with Gasteiger partial charge >= 0.3 is 0 Å². The zero-order valence-electron chi connectivity index (χ0n) is 14.7. The zero-order valence-corrected chi connectivity index (χ0v) is 15.6. The zero-order chi connectivity index (χ0) is 18.8. The highest BCUT2D eigenvalue weighted by Crippen LogP contribution is 2.34. The van der Waals surface area contributed by atoms with Crippen LogP contribution in [-0.2, 0) is 9.59 Å². The van der Waals surface area contributed by atoms with E-state index in [-0.39, 0.29) is 18.2 Å². The Balaban J connectivity index is 1.48. The number of hydrogen-bond donors (Lipinski definition) is 0. The quantitative estimate of drug-likeness (QED) is 0.632. The monoisotopic (exact) mass is 378 g/mol. The second-order valence-electron chi connectivity index (χ2n) is 6.16. The van der Waals surface area contributed by atoms with Crippen LogP contribution in [-0.4, -0.2) is 28.7 Å². The van der Waals surface area contributed by atoms with Crippen LogP contribution in [0.3, 0.4) is 0 Å². The number of thioether (sulfide) groups is 1. The molecule has 3 aromatic rings. The van der Waals surface area contributed by atoms with Gasteiger partial charge in [-0.2, -0.15) is 0 Å². The molecule has 2 amide bonds. The molecule has 136 valence electrons. The van der Waals surface area contributed by atoms with Gasteiger partial charge < -0.3 is 9.30 Å². The lowest BCUT2D eigenvalue weighted by Crippen LogP contribution is -2.31. The molecule has 1 aromatic heterocycles. The maximum atomic E-state index is 12.8. The molecule has 27 heavy (non-hydrogen) atoms. The molecule has 0 spiro atoms. The van der Waals surface area contributed by atoms with Crippen molar-refractivity contribution in [3.63, 3.8) is 0 Å². The van der Waals surface area contributed by atoms with E-state index >= 15 is 0 Å². The lowest BCUT2D eigenvalue weighted by Gasteiger charge is -2.15. The highest BCUT2D eigenvalue weighted by Gasteiger charge is 2.40. The summed E-state index contributed by atoms with van der Waals surface area (Å²) in [4.78, 5) is 27.4. The van der Waals surface area contributed by atoms with E-state index < -0.39 is 5.25 Å². The first-order valence-electron chi connectivity index (χ1n) is 8.56. The summed E-state index contributed by atoms with van der Waals surface area (Å²) in [6.07, 6.45) is 4.16. The Kier molecular flexibility index (Phi) is 4.73. The SMILES string of the molecule is COc1ccc(N2C(=O)CC(Sc3ccc(-n4cccc4)cc3)C2=O)cc1. The number of hydrogen-bond acceptors (Lipinski definition) is 4.